The molecule has 2 heteroatoms. The van der Waals surface area contributed by atoms with E-state index in [4.69, 9.17) is 9.84 Å². The third kappa shape index (κ3) is 2.17. The summed E-state index contributed by atoms with van der Waals surface area (Å²) in [7, 11) is 1.76. The number of aliphatic hydroxyl groups excluding tert-OH is 1. The first-order chi connectivity index (χ1) is 5.33. The molecule has 0 spiro atoms. The quantitative estimate of drug-likeness (QED) is 0.677. The highest BCUT2D eigenvalue weighted by Crippen LogP contribution is 2.33. The normalized spacial score (nSPS) is 23.5. The molecule has 2 nitrogen and oxygen atoms in total. The second-order valence-corrected chi connectivity index (χ2v) is 3.42. The molecule has 66 valence electrons. The van der Waals surface area contributed by atoms with Crippen LogP contribution in [-0.2, 0) is 4.74 Å². The Kier molecular flexibility index (Phi) is 3.34. The fraction of sp³-hybridized carbons (Fsp3) is 1.00. The van der Waals surface area contributed by atoms with Gasteiger partial charge in [-0.25, -0.2) is 0 Å². The standard InChI is InChI=1S/C9H18O2/c1-11-9(7-8-10)5-3-2-4-6-9/h10H,2-8H2,1H3. The zero-order chi connectivity index (χ0) is 8.16. The van der Waals surface area contributed by atoms with E-state index in [0.29, 0.717) is 0 Å². The van der Waals surface area contributed by atoms with Crippen molar-refractivity contribution in [3.8, 4) is 0 Å². The summed E-state index contributed by atoms with van der Waals surface area (Å²) in [6.45, 7) is 0.258. The van der Waals surface area contributed by atoms with Gasteiger partial charge in [0.05, 0.1) is 5.60 Å². The summed E-state index contributed by atoms with van der Waals surface area (Å²) in [4.78, 5) is 0. The molecule has 1 fully saturated rings. The van der Waals surface area contributed by atoms with Crippen molar-refractivity contribution in [2.75, 3.05) is 13.7 Å². The third-order valence-electron chi connectivity index (χ3n) is 2.77. The molecule has 0 amide bonds. The molecule has 11 heavy (non-hydrogen) atoms. The Morgan fingerprint density at radius 1 is 1.27 bits per heavy atom. The highest BCUT2D eigenvalue weighted by atomic mass is 16.5. The van der Waals surface area contributed by atoms with Crippen LogP contribution in [0.1, 0.15) is 38.5 Å². The first kappa shape index (κ1) is 9.01. The van der Waals surface area contributed by atoms with Gasteiger partial charge in [0.1, 0.15) is 0 Å². The van der Waals surface area contributed by atoms with Gasteiger partial charge < -0.3 is 9.84 Å². The van der Waals surface area contributed by atoms with E-state index in [1.54, 1.807) is 7.11 Å². The van der Waals surface area contributed by atoms with Gasteiger partial charge in [0.25, 0.3) is 0 Å². The van der Waals surface area contributed by atoms with Gasteiger partial charge >= 0.3 is 0 Å². The van der Waals surface area contributed by atoms with Crippen LogP contribution in [0.4, 0.5) is 0 Å². The van der Waals surface area contributed by atoms with Crippen molar-refractivity contribution < 1.29 is 9.84 Å². The molecule has 0 bridgehead atoms. The van der Waals surface area contributed by atoms with Crippen molar-refractivity contribution in [3.05, 3.63) is 0 Å². The lowest BCUT2D eigenvalue weighted by Crippen LogP contribution is -2.34. The molecule has 0 atom stereocenters. The molecule has 0 unspecified atom stereocenters. The van der Waals surface area contributed by atoms with Crippen LogP contribution in [0.15, 0.2) is 0 Å². The van der Waals surface area contributed by atoms with Crippen LogP contribution < -0.4 is 0 Å². The van der Waals surface area contributed by atoms with Gasteiger partial charge in [0.15, 0.2) is 0 Å². The molecule has 1 aliphatic rings. The van der Waals surface area contributed by atoms with Crippen molar-refractivity contribution in [1.29, 1.82) is 0 Å². The predicted molar refractivity (Wildman–Crippen MR) is 44.5 cm³/mol. The highest BCUT2D eigenvalue weighted by Gasteiger charge is 2.30. The first-order valence-electron chi connectivity index (χ1n) is 4.49. The summed E-state index contributed by atoms with van der Waals surface area (Å²) < 4.78 is 5.46. The van der Waals surface area contributed by atoms with E-state index in [0.717, 1.165) is 19.3 Å². The van der Waals surface area contributed by atoms with Crippen LogP contribution in [-0.4, -0.2) is 24.4 Å². The molecule has 1 N–H and O–H groups in total. The number of aliphatic hydroxyl groups is 1. The Balaban J connectivity index is 2.42. The Labute approximate surface area is 68.6 Å². The summed E-state index contributed by atoms with van der Waals surface area (Å²) in [6, 6.07) is 0. The van der Waals surface area contributed by atoms with Crippen molar-refractivity contribution in [1.82, 2.24) is 0 Å². The van der Waals surface area contributed by atoms with Gasteiger partial charge in [-0.15, -0.1) is 0 Å². The zero-order valence-corrected chi connectivity index (χ0v) is 7.31. The van der Waals surface area contributed by atoms with Gasteiger partial charge in [-0.05, 0) is 19.3 Å². The van der Waals surface area contributed by atoms with E-state index in [2.05, 4.69) is 0 Å². The second kappa shape index (κ2) is 4.07. The van der Waals surface area contributed by atoms with Crippen LogP contribution in [0.3, 0.4) is 0 Å². The summed E-state index contributed by atoms with van der Waals surface area (Å²) in [5.74, 6) is 0. The third-order valence-corrected chi connectivity index (χ3v) is 2.77. The van der Waals surface area contributed by atoms with E-state index >= 15 is 0 Å². The number of hydrogen-bond acceptors (Lipinski definition) is 2. The van der Waals surface area contributed by atoms with Crippen molar-refractivity contribution in [2.45, 2.75) is 44.1 Å². The topological polar surface area (TPSA) is 29.5 Å². The Morgan fingerprint density at radius 2 is 1.91 bits per heavy atom. The number of ether oxygens (including phenoxy) is 1. The van der Waals surface area contributed by atoms with E-state index in [1.165, 1.54) is 19.3 Å². The van der Waals surface area contributed by atoms with Crippen molar-refractivity contribution in [3.63, 3.8) is 0 Å². The molecule has 0 aliphatic heterocycles. The summed E-state index contributed by atoms with van der Waals surface area (Å²) in [6.07, 6.45) is 6.91. The van der Waals surface area contributed by atoms with Crippen LogP contribution in [0.25, 0.3) is 0 Å². The average Bonchev–Trinajstić information content (AvgIpc) is 2.07. The lowest BCUT2D eigenvalue weighted by Gasteiger charge is -2.35. The summed E-state index contributed by atoms with van der Waals surface area (Å²) in [5, 5.41) is 8.83. The minimum atomic E-state index is 0.0208. The van der Waals surface area contributed by atoms with Crippen molar-refractivity contribution in [2.24, 2.45) is 0 Å². The van der Waals surface area contributed by atoms with E-state index in [1.807, 2.05) is 0 Å². The van der Waals surface area contributed by atoms with Gasteiger partial charge in [-0.1, -0.05) is 19.3 Å². The molecule has 0 aromatic heterocycles. The average molecular weight is 158 g/mol. The second-order valence-electron chi connectivity index (χ2n) is 3.42. The van der Waals surface area contributed by atoms with Crippen LogP contribution in [0.5, 0.6) is 0 Å². The lowest BCUT2D eigenvalue weighted by atomic mass is 9.82. The first-order valence-corrected chi connectivity index (χ1v) is 4.49. The number of rotatable bonds is 3. The number of hydrogen-bond donors (Lipinski definition) is 1. The molecular weight excluding hydrogens is 140 g/mol. The van der Waals surface area contributed by atoms with Gasteiger partial charge in [-0.2, -0.15) is 0 Å². The number of methoxy groups -OCH3 is 1. The summed E-state index contributed by atoms with van der Waals surface area (Å²) >= 11 is 0. The SMILES string of the molecule is COC1(CCO)CCCCC1. The smallest absolute Gasteiger partial charge is 0.0700 e. The van der Waals surface area contributed by atoms with E-state index in [9.17, 15) is 0 Å². The largest absolute Gasteiger partial charge is 0.396 e. The Morgan fingerprint density at radius 3 is 2.36 bits per heavy atom. The van der Waals surface area contributed by atoms with E-state index in [-0.39, 0.29) is 12.2 Å². The van der Waals surface area contributed by atoms with E-state index < -0.39 is 0 Å². The zero-order valence-electron chi connectivity index (χ0n) is 7.31. The fourth-order valence-electron chi connectivity index (χ4n) is 1.96. The lowest BCUT2D eigenvalue weighted by molar-refractivity contribution is -0.0544. The fourth-order valence-corrected chi connectivity index (χ4v) is 1.96. The molecule has 0 radical (unpaired) electrons. The van der Waals surface area contributed by atoms with Gasteiger partial charge in [0.2, 0.25) is 0 Å². The maximum absolute atomic E-state index is 8.83. The highest BCUT2D eigenvalue weighted by molar-refractivity contribution is 4.83. The van der Waals surface area contributed by atoms with Crippen molar-refractivity contribution >= 4 is 0 Å². The minimum Gasteiger partial charge on any atom is -0.396 e. The molecule has 1 saturated carbocycles. The molecule has 0 aromatic rings. The monoisotopic (exact) mass is 158 g/mol. The van der Waals surface area contributed by atoms with Gasteiger partial charge in [-0.3, -0.25) is 0 Å². The summed E-state index contributed by atoms with van der Waals surface area (Å²) in [5.41, 5.74) is 0.0208. The molecule has 1 aliphatic carbocycles. The van der Waals surface area contributed by atoms with Crippen LogP contribution >= 0.6 is 0 Å². The van der Waals surface area contributed by atoms with Crippen LogP contribution in [0, 0.1) is 0 Å². The Bertz CT molecular complexity index is 101. The molecular formula is C9H18O2. The molecule has 1 rings (SSSR count). The maximum atomic E-state index is 8.83. The molecule has 0 heterocycles. The maximum Gasteiger partial charge on any atom is 0.0700 e. The Hall–Kier alpha value is -0.0800. The molecule has 0 saturated heterocycles. The van der Waals surface area contributed by atoms with Gasteiger partial charge in [0, 0.05) is 13.7 Å². The predicted octanol–water partition coefficient (Wildman–Crippen LogP) is 1.72. The molecule has 0 aromatic carbocycles. The minimum absolute atomic E-state index is 0.0208. The van der Waals surface area contributed by atoms with Crippen LogP contribution in [0.2, 0.25) is 0 Å².